The number of aliphatic imine (C=N–C) groups is 1. The average Bonchev–Trinajstić information content (AvgIpc) is 3.22. The second kappa shape index (κ2) is 10.9. The summed E-state index contributed by atoms with van der Waals surface area (Å²) in [6.45, 7) is -0.557. The Hall–Kier alpha value is -4.05. The molecule has 0 atom stereocenters. The highest BCUT2D eigenvalue weighted by atomic mass is 19.1. The van der Waals surface area contributed by atoms with Crippen LogP contribution in [0.2, 0.25) is 0 Å². The Morgan fingerprint density at radius 3 is 2.30 bits per heavy atom. The number of nitrogens with two attached hydrogens (primary N) is 1. The van der Waals surface area contributed by atoms with E-state index in [1.54, 1.807) is 37.4 Å². The Bertz CT molecular complexity index is 1410. The van der Waals surface area contributed by atoms with E-state index in [1.165, 1.54) is 17.0 Å². The van der Waals surface area contributed by atoms with E-state index >= 15 is 0 Å². The van der Waals surface area contributed by atoms with Crippen LogP contribution >= 0.6 is 0 Å². The molecule has 0 aliphatic heterocycles. The SMILES string of the molecule is CN(C(=O)C(N)(CCO)CCO)c1ccc(N=C(c2ccccc2)c2c(O)[nH]c3cc(F)ccc23)cc1. The lowest BCUT2D eigenvalue weighted by Crippen LogP contribution is -2.55. The molecule has 8 nitrogen and oxygen atoms in total. The van der Waals surface area contributed by atoms with Crippen LogP contribution in [0.5, 0.6) is 5.88 Å². The van der Waals surface area contributed by atoms with Gasteiger partial charge in [-0.3, -0.25) is 4.79 Å². The summed E-state index contributed by atoms with van der Waals surface area (Å²) >= 11 is 0. The molecule has 0 saturated carbocycles. The molecule has 1 heterocycles. The number of aliphatic hydroxyl groups is 2. The van der Waals surface area contributed by atoms with E-state index < -0.39 is 17.3 Å². The van der Waals surface area contributed by atoms with Gasteiger partial charge in [0.1, 0.15) is 11.4 Å². The van der Waals surface area contributed by atoms with Crippen molar-refractivity contribution in [1.82, 2.24) is 4.98 Å². The highest BCUT2D eigenvalue weighted by molar-refractivity contribution is 6.21. The van der Waals surface area contributed by atoms with Crippen molar-refractivity contribution in [2.24, 2.45) is 10.7 Å². The predicted molar refractivity (Wildman–Crippen MR) is 142 cm³/mol. The molecule has 37 heavy (non-hydrogen) atoms. The molecule has 0 unspecified atom stereocenters. The highest BCUT2D eigenvalue weighted by Crippen LogP contribution is 2.32. The Kier molecular flexibility index (Phi) is 7.68. The van der Waals surface area contributed by atoms with Crippen LogP contribution in [0.3, 0.4) is 0 Å². The van der Waals surface area contributed by atoms with E-state index in [2.05, 4.69) is 4.98 Å². The summed E-state index contributed by atoms with van der Waals surface area (Å²) in [5.41, 5.74) is 8.06. The van der Waals surface area contributed by atoms with Crippen molar-refractivity contribution < 1.29 is 24.5 Å². The Balaban J connectivity index is 1.73. The second-order valence-electron chi connectivity index (χ2n) is 8.85. The molecule has 6 N–H and O–H groups in total. The first-order chi connectivity index (χ1) is 17.8. The zero-order valence-corrected chi connectivity index (χ0v) is 20.4. The van der Waals surface area contributed by atoms with Gasteiger partial charge in [0, 0.05) is 36.9 Å². The minimum absolute atomic E-state index is 0.0254. The average molecular weight is 505 g/mol. The van der Waals surface area contributed by atoms with E-state index in [9.17, 15) is 24.5 Å². The molecule has 0 radical (unpaired) electrons. The van der Waals surface area contributed by atoms with Crippen LogP contribution in [0.25, 0.3) is 10.9 Å². The smallest absolute Gasteiger partial charge is 0.246 e. The predicted octanol–water partition coefficient (Wildman–Crippen LogP) is 3.61. The molecule has 0 aliphatic rings. The molecule has 192 valence electrons. The summed E-state index contributed by atoms with van der Waals surface area (Å²) in [6, 6.07) is 20.4. The number of aromatic nitrogens is 1. The Labute approximate surface area is 213 Å². The number of carbonyl (C=O) groups excluding carboxylic acids is 1. The lowest BCUT2D eigenvalue weighted by molar-refractivity contribution is -0.124. The van der Waals surface area contributed by atoms with Gasteiger partial charge in [0.25, 0.3) is 0 Å². The number of aliphatic hydroxyl groups excluding tert-OH is 2. The molecule has 9 heteroatoms. The summed E-state index contributed by atoms with van der Waals surface area (Å²) in [4.78, 5) is 22.0. The van der Waals surface area contributed by atoms with Crippen molar-refractivity contribution in [3.8, 4) is 5.88 Å². The summed E-state index contributed by atoms with van der Waals surface area (Å²) in [5, 5.41) is 30.0. The minimum Gasteiger partial charge on any atom is -0.494 e. The zero-order chi connectivity index (χ0) is 26.6. The number of aromatic amines is 1. The fourth-order valence-corrected chi connectivity index (χ4v) is 4.33. The molecule has 1 aromatic heterocycles. The number of aromatic hydroxyl groups is 1. The normalized spacial score (nSPS) is 12.2. The molecular formula is C28H29FN4O4. The van der Waals surface area contributed by atoms with E-state index in [-0.39, 0.29) is 31.9 Å². The highest BCUT2D eigenvalue weighted by Gasteiger charge is 2.35. The van der Waals surface area contributed by atoms with Crippen LogP contribution in [-0.2, 0) is 4.79 Å². The fraction of sp³-hybridized carbons (Fsp3) is 0.214. The number of hydrogen-bond acceptors (Lipinski definition) is 6. The number of amides is 1. The van der Waals surface area contributed by atoms with Gasteiger partial charge in [-0.25, -0.2) is 9.38 Å². The molecule has 4 aromatic rings. The van der Waals surface area contributed by atoms with Gasteiger partial charge in [0.05, 0.1) is 22.5 Å². The van der Waals surface area contributed by atoms with Gasteiger partial charge in [0.2, 0.25) is 5.91 Å². The molecule has 1 amide bonds. The number of benzene rings is 3. The van der Waals surface area contributed by atoms with E-state index in [0.717, 1.165) is 5.56 Å². The molecule has 0 saturated heterocycles. The second-order valence-corrected chi connectivity index (χ2v) is 8.85. The maximum atomic E-state index is 13.8. The lowest BCUT2D eigenvalue weighted by Gasteiger charge is -2.31. The number of H-pyrrole nitrogens is 1. The van der Waals surface area contributed by atoms with Crippen molar-refractivity contribution in [3.63, 3.8) is 0 Å². The molecule has 0 aliphatic carbocycles. The van der Waals surface area contributed by atoms with Crippen LogP contribution in [-0.4, -0.2) is 57.7 Å². The first-order valence-corrected chi connectivity index (χ1v) is 11.8. The summed E-state index contributed by atoms with van der Waals surface area (Å²) in [7, 11) is 1.58. The van der Waals surface area contributed by atoms with E-state index in [1.807, 2.05) is 30.3 Å². The van der Waals surface area contributed by atoms with Crippen molar-refractivity contribution in [2.45, 2.75) is 18.4 Å². The van der Waals surface area contributed by atoms with E-state index in [0.29, 0.717) is 33.6 Å². The molecule has 3 aromatic carbocycles. The van der Waals surface area contributed by atoms with Gasteiger partial charge in [-0.05, 0) is 55.3 Å². The van der Waals surface area contributed by atoms with Crippen molar-refractivity contribution >= 4 is 33.9 Å². The van der Waals surface area contributed by atoms with Crippen LogP contribution in [0.4, 0.5) is 15.8 Å². The third-order valence-electron chi connectivity index (χ3n) is 6.35. The standard InChI is InChI=1S/C28H29FN4O4/c1-33(27(37)28(30,13-15-34)14-16-35)21-10-8-20(9-11-21)31-25(18-5-3-2-4-6-18)24-22-12-7-19(29)17-23(22)32-26(24)36/h2-12,17,32,34-36H,13-16,30H2,1H3. The third-order valence-corrected chi connectivity index (χ3v) is 6.35. The van der Waals surface area contributed by atoms with Crippen LogP contribution in [0.15, 0.2) is 77.8 Å². The number of fused-ring (bicyclic) bond motifs is 1. The number of nitrogens with zero attached hydrogens (tertiary/aromatic N) is 2. The largest absolute Gasteiger partial charge is 0.494 e. The van der Waals surface area contributed by atoms with E-state index in [4.69, 9.17) is 10.7 Å². The van der Waals surface area contributed by atoms with Crippen molar-refractivity contribution in [2.75, 3.05) is 25.2 Å². The number of carbonyl (C=O) groups is 1. The fourth-order valence-electron chi connectivity index (χ4n) is 4.33. The van der Waals surface area contributed by atoms with Crippen LogP contribution in [0, 0.1) is 5.82 Å². The molecule has 0 bridgehead atoms. The van der Waals surface area contributed by atoms with Crippen molar-refractivity contribution in [1.29, 1.82) is 0 Å². The topological polar surface area (TPSA) is 135 Å². The number of likely N-dealkylation sites (N-methyl/N-ethyl adjacent to an activating group) is 1. The van der Waals surface area contributed by atoms with Gasteiger partial charge in [-0.1, -0.05) is 30.3 Å². The van der Waals surface area contributed by atoms with Gasteiger partial charge >= 0.3 is 0 Å². The van der Waals surface area contributed by atoms with Crippen LogP contribution in [0.1, 0.15) is 24.0 Å². The molecule has 0 spiro atoms. The third kappa shape index (κ3) is 5.39. The lowest BCUT2D eigenvalue weighted by atomic mass is 9.91. The number of nitrogens with one attached hydrogen (secondary N) is 1. The van der Waals surface area contributed by atoms with Gasteiger partial charge in [-0.15, -0.1) is 0 Å². The molecule has 0 fully saturated rings. The minimum atomic E-state index is -1.39. The monoisotopic (exact) mass is 504 g/mol. The summed E-state index contributed by atoms with van der Waals surface area (Å²) in [5.74, 6) is -0.975. The summed E-state index contributed by atoms with van der Waals surface area (Å²) in [6.07, 6.45) is 0.0507. The number of anilines is 1. The quantitative estimate of drug-likeness (QED) is 0.222. The Morgan fingerprint density at radius 1 is 1.03 bits per heavy atom. The van der Waals surface area contributed by atoms with Gasteiger partial charge in [-0.2, -0.15) is 0 Å². The Morgan fingerprint density at radius 2 is 1.68 bits per heavy atom. The number of hydrogen-bond donors (Lipinski definition) is 5. The van der Waals surface area contributed by atoms with Gasteiger partial charge in [0.15, 0.2) is 5.88 Å². The maximum Gasteiger partial charge on any atom is 0.246 e. The maximum absolute atomic E-state index is 13.8. The first-order valence-electron chi connectivity index (χ1n) is 11.8. The molecular weight excluding hydrogens is 475 g/mol. The number of rotatable bonds is 9. The zero-order valence-electron chi connectivity index (χ0n) is 20.4. The number of halogens is 1. The van der Waals surface area contributed by atoms with Crippen molar-refractivity contribution in [3.05, 3.63) is 89.7 Å². The first kappa shape index (κ1) is 26.0. The van der Waals surface area contributed by atoms with Gasteiger partial charge < -0.3 is 30.9 Å². The van der Waals surface area contributed by atoms with Crippen LogP contribution < -0.4 is 10.6 Å². The summed E-state index contributed by atoms with van der Waals surface area (Å²) < 4.78 is 13.8. The molecule has 4 rings (SSSR count).